The van der Waals surface area contributed by atoms with E-state index in [1.165, 1.54) is 0 Å². The van der Waals surface area contributed by atoms with Crippen molar-refractivity contribution in [3.05, 3.63) is 59.3 Å². The van der Waals surface area contributed by atoms with E-state index in [2.05, 4.69) is 16.5 Å². The number of fused-ring (bicyclic) bond motifs is 1. The number of nitrogens with one attached hydrogen (secondary N) is 1. The highest BCUT2D eigenvalue weighted by atomic mass is 16.5. The Balaban J connectivity index is 2.20. The van der Waals surface area contributed by atoms with Crippen molar-refractivity contribution >= 4 is 11.4 Å². The number of aromatic nitrogens is 1. The lowest BCUT2D eigenvalue weighted by Crippen LogP contribution is -2.29. The van der Waals surface area contributed by atoms with Gasteiger partial charge in [0.1, 0.15) is 17.2 Å². The van der Waals surface area contributed by atoms with Crippen LogP contribution in [0.15, 0.2) is 42.5 Å². The van der Waals surface area contributed by atoms with Crippen LogP contribution in [0.1, 0.15) is 30.7 Å². The smallest absolute Gasteiger partial charge is 0.150 e. The second-order valence-corrected chi connectivity index (χ2v) is 5.61. The fourth-order valence-corrected chi connectivity index (χ4v) is 2.50. The fraction of sp³-hybridized carbons (Fsp3) is 0.176. The molecule has 3 rings (SSSR count). The summed E-state index contributed by atoms with van der Waals surface area (Å²) in [6.45, 7) is 3.92. The summed E-state index contributed by atoms with van der Waals surface area (Å²) in [7, 11) is 0. The largest absolute Gasteiger partial charge is 0.483 e. The predicted octanol–water partition coefficient (Wildman–Crippen LogP) is 3.36. The van der Waals surface area contributed by atoms with Gasteiger partial charge in [-0.1, -0.05) is 6.07 Å². The second-order valence-electron chi connectivity index (χ2n) is 5.61. The summed E-state index contributed by atoms with van der Waals surface area (Å²) in [5, 5.41) is 18.2. The van der Waals surface area contributed by atoms with Crippen LogP contribution in [0.2, 0.25) is 0 Å². The minimum atomic E-state index is -0.485. The van der Waals surface area contributed by atoms with Crippen molar-refractivity contribution < 1.29 is 9.94 Å². The number of benzene rings is 1. The molecule has 0 aliphatic carbocycles. The van der Waals surface area contributed by atoms with Crippen LogP contribution >= 0.6 is 0 Å². The highest BCUT2D eigenvalue weighted by molar-refractivity contribution is 5.84. The molecule has 5 heteroatoms. The molecular weight excluding hydrogens is 278 g/mol. The van der Waals surface area contributed by atoms with Crippen molar-refractivity contribution in [2.45, 2.75) is 19.4 Å². The van der Waals surface area contributed by atoms with Gasteiger partial charge in [0.05, 0.1) is 17.3 Å². The van der Waals surface area contributed by atoms with E-state index < -0.39 is 5.60 Å². The molecule has 0 fully saturated rings. The Labute approximate surface area is 128 Å². The van der Waals surface area contributed by atoms with Crippen molar-refractivity contribution in [3.63, 3.8) is 0 Å². The van der Waals surface area contributed by atoms with Gasteiger partial charge in [-0.15, -0.1) is 0 Å². The quantitative estimate of drug-likeness (QED) is 0.830. The standard InChI is InChI=1S/C17H15N3O2/c1-17(2)9-13(14-4-3-5-16(19-14)20-21)12-8-11(10-18)6-7-15(12)22-17/h3-9,21H,1-2H3,(H,19,20). The summed E-state index contributed by atoms with van der Waals surface area (Å²) in [5.74, 6) is 1.08. The maximum absolute atomic E-state index is 9.11. The van der Waals surface area contributed by atoms with E-state index in [1.807, 2.05) is 26.0 Å². The van der Waals surface area contributed by atoms with Crippen LogP contribution in [-0.4, -0.2) is 15.8 Å². The Hall–Kier alpha value is -2.84. The van der Waals surface area contributed by atoms with Crippen molar-refractivity contribution in [3.8, 4) is 11.8 Å². The molecule has 0 amide bonds. The van der Waals surface area contributed by atoms with Gasteiger partial charge in [0.2, 0.25) is 0 Å². The highest BCUT2D eigenvalue weighted by Gasteiger charge is 2.28. The number of rotatable bonds is 2. The zero-order chi connectivity index (χ0) is 15.7. The van der Waals surface area contributed by atoms with Crippen LogP contribution in [-0.2, 0) is 0 Å². The van der Waals surface area contributed by atoms with Crippen molar-refractivity contribution in [1.82, 2.24) is 4.98 Å². The summed E-state index contributed by atoms with van der Waals surface area (Å²) < 4.78 is 5.95. The maximum atomic E-state index is 9.11. The first kappa shape index (κ1) is 14.1. The van der Waals surface area contributed by atoms with Gasteiger partial charge in [0.15, 0.2) is 0 Å². The Morgan fingerprint density at radius 3 is 2.82 bits per heavy atom. The molecule has 1 aliphatic rings. The first-order chi connectivity index (χ1) is 10.5. The molecule has 0 radical (unpaired) electrons. The molecule has 2 heterocycles. The van der Waals surface area contributed by atoms with E-state index >= 15 is 0 Å². The van der Waals surface area contributed by atoms with E-state index in [-0.39, 0.29) is 0 Å². The van der Waals surface area contributed by atoms with Crippen LogP contribution < -0.4 is 10.2 Å². The Kier molecular flexibility index (Phi) is 3.32. The Morgan fingerprint density at radius 2 is 2.09 bits per heavy atom. The van der Waals surface area contributed by atoms with E-state index in [0.29, 0.717) is 22.8 Å². The first-order valence-electron chi connectivity index (χ1n) is 6.86. The van der Waals surface area contributed by atoms with Crippen LogP contribution in [0.4, 0.5) is 5.82 Å². The molecule has 0 unspecified atom stereocenters. The average Bonchev–Trinajstić information content (AvgIpc) is 2.53. The van der Waals surface area contributed by atoms with Gasteiger partial charge in [0.25, 0.3) is 0 Å². The van der Waals surface area contributed by atoms with Gasteiger partial charge < -0.3 is 4.74 Å². The third kappa shape index (κ3) is 2.52. The number of anilines is 1. The van der Waals surface area contributed by atoms with Crippen LogP contribution in [0.25, 0.3) is 5.57 Å². The lowest BCUT2D eigenvalue weighted by atomic mass is 9.91. The lowest BCUT2D eigenvalue weighted by Gasteiger charge is -2.31. The minimum Gasteiger partial charge on any atom is -0.483 e. The number of ether oxygens (including phenoxy) is 1. The monoisotopic (exact) mass is 293 g/mol. The zero-order valence-corrected chi connectivity index (χ0v) is 12.3. The molecule has 110 valence electrons. The van der Waals surface area contributed by atoms with Gasteiger partial charge in [-0.3, -0.25) is 10.7 Å². The minimum absolute atomic E-state index is 0.362. The third-order valence-electron chi connectivity index (χ3n) is 3.40. The molecule has 1 aromatic heterocycles. The van der Waals surface area contributed by atoms with Crippen molar-refractivity contribution in [2.75, 3.05) is 5.48 Å². The normalized spacial score (nSPS) is 15.1. The predicted molar refractivity (Wildman–Crippen MR) is 82.6 cm³/mol. The highest BCUT2D eigenvalue weighted by Crippen LogP contribution is 2.39. The number of hydrogen-bond donors (Lipinski definition) is 2. The summed E-state index contributed by atoms with van der Waals surface area (Å²) in [6.07, 6.45) is 1.97. The van der Waals surface area contributed by atoms with Gasteiger partial charge in [-0.2, -0.15) is 5.26 Å². The van der Waals surface area contributed by atoms with Crippen molar-refractivity contribution in [1.29, 1.82) is 5.26 Å². The number of pyridine rings is 1. The first-order valence-corrected chi connectivity index (χ1v) is 6.86. The number of nitrogens with zero attached hydrogens (tertiary/aromatic N) is 2. The van der Waals surface area contributed by atoms with Crippen molar-refractivity contribution in [2.24, 2.45) is 0 Å². The molecule has 2 N–H and O–H groups in total. The molecule has 1 aliphatic heterocycles. The summed E-state index contributed by atoms with van der Waals surface area (Å²) in [6, 6.07) is 12.8. The molecule has 0 saturated carbocycles. The third-order valence-corrected chi connectivity index (χ3v) is 3.40. The topological polar surface area (TPSA) is 78.2 Å². The molecule has 0 spiro atoms. The van der Waals surface area contributed by atoms with Gasteiger partial charge >= 0.3 is 0 Å². The molecule has 0 atom stereocenters. The number of hydrogen-bond acceptors (Lipinski definition) is 5. The average molecular weight is 293 g/mol. The molecule has 5 nitrogen and oxygen atoms in total. The van der Waals surface area contributed by atoms with Gasteiger partial charge in [0, 0.05) is 11.1 Å². The van der Waals surface area contributed by atoms with E-state index in [0.717, 1.165) is 11.1 Å². The zero-order valence-electron chi connectivity index (χ0n) is 12.3. The Bertz CT molecular complexity index is 804. The molecule has 0 saturated heterocycles. The molecule has 0 bridgehead atoms. The molecule has 1 aromatic carbocycles. The summed E-state index contributed by atoms with van der Waals surface area (Å²) in [4.78, 5) is 4.37. The molecule has 22 heavy (non-hydrogen) atoms. The van der Waals surface area contributed by atoms with Crippen LogP contribution in [0, 0.1) is 11.3 Å². The van der Waals surface area contributed by atoms with E-state index in [9.17, 15) is 0 Å². The van der Waals surface area contributed by atoms with E-state index in [4.69, 9.17) is 15.2 Å². The lowest BCUT2D eigenvalue weighted by molar-refractivity contribution is 0.158. The van der Waals surface area contributed by atoms with Crippen LogP contribution in [0.5, 0.6) is 5.75 Å². The fourth-order valence-electron chi connectivity index (χ4n) is 2.50. The van der Waals surface area contributed by atoms with E-state index in [1.54, 1.807) is 30.3 Å². The molecule has 2 aromatic rings. The SMILES string of the molecule is CC1(C)C=C(c2cccc(NO)n2)c2cc(C#N)ccc2O1. The van der Waals surface area contributed by atoms with Gasteiger partial charge in [-0.05, 0) is 50.3 Å². The van der Waals surface area contributed by atoms with Crippen LogP contribution in [0.3, 0.4) is 0 Å². The maximum Gasteiger partial charge on any atom is 0.150 e. The number of nitriles is 1. The van der Waals surface area contributed by atoms with Gasteiger partial charge in [-0.25, -0.2) is 4.98 Å². The second kappa shape index (κ2) is 5.17. The summed E-state index contributed by atoms with van der Waals surface area (Å²) >= 11 is 0. The summed E-state index contributed by atoms with van der Waals surface area (Å²) in [5.41, 5.74) is 4.52. The molecular formula is C17H15N3O2. The Morgan fingerprint density at radius 1 is 1.27 bits per heavy atom.